The molecule has 0 saturated carbocycles. The molecule has 0 aliphatic heterocycles. The van der Waals surface area contributed by atoms with Crippen molar-refractivity contribution in [2.45, 2.75) is 32.6 Å². The highest BCUT2D eigenvalue weighted by Gasteiger charge is 2.25. The molecule has 0 unspecified atom stereocenters. The van der Waals surface area contributed by atoms with Crippen LogP contribution in [0.15, 0.2) is 6.20 Å². The lowest BCUT2D eigenvalue weighted by Crippen LogP contribution is -2.21. The minimum Gasteiger partial charge on any atom is -0.300 e. The molecule has 0 aliphatic carbocycles. The fraction of sp³-hybridized carbons (Fsp3) is 0.667. The van der Waals surface area contributed by atoms with Gasteiger partial charge in [-0.25, -0.2) is 0 Å². The van der Waals surface area contributed by atoms with Gasteiger partial charge in [-0.3, -0.25) is 9.48 Å². The molecule has 72 valence electrons. The van der Waals surface area contributed by atoms with Gasteiger partial charge in [0.1, 0.15) is 5.78 Å². The Labute approximate surface area is 77.9 Å². The average Bonchev–Trinajstić information content (AvgIpc) is 2.32. The Balaban J connectivity index is 2.86. The lowest BCUT2D eigenvalue weighted by atomic mass is 9.85. The maximum atomic E-state index is 11.0. The first-order chi connectivity index (χ1) is 5.92. The Morgan fingerprint density at radius 3 is 2.62 bits per heavy atom. The quantitative estimate of drug-likeness (QED) is 0.700. The van der Waals surface area contributed by atoms with E-state index in [1.54, 1.807) is 11.6 Å². The topological polar surface area (TPSA) is 47.8 Å². The van der Waals surface area contributed by atoms with Crippen LogP contribution < -0.4 is 0 Å². The van der Waals surface area contributed by atoms with E-state index < -0.39 is 0 Å². The van der Waals surface area contributed by atoms with Crippen molar-refractivity contribution in [3.8, 4) is 0 Å². The molecule has 1 heterocycles. The monoisotopic (exact) mass is 181 g/mol. The number of ketones is 1. The molecular formula is C9H15N3O. The van der Waals surface area contributed by atoms with Crippen molar-refractivity contribution >= 4 is 5.78 Å². The molecule has 0 radical (unpaired) electrons. The zero-order valence-corrected chi connectivity index (χ0v) is 8.53. The summed E-state index contributed by atoms with van der Waals surface area (Å²) in [7, 11) is 1.82. The molecule has 0 spiro atoms. The smallest absolute Gasteiger partial charge is 0.130 e. The maximum Gasteiger partial charge on any atom is 0.130 e. The van der Waals surface area contributed by atoms with Gasteiger partial charge in [-0.2, -0.15) is 0 Å². The van der Waals surface area contributed by atoms with Crippen LogP contribution in [0, 0.1) is 0 Å². The number of Topliss-reactive ketones (excluding diaryl/α,β-unsaturated/α-hetero) is 1. The Hall–Kier alpha value is -1.19. The second-order valence-corrected chi connectivity index (χ2v) is 4.04. The molecule has 1 aromatic rings. The first kappa shape index (κ1) is 9.89. The molecule has 0 saturated heterocycles. The molecule has 0 aromatic carbocycles. The third-order valence-electron chi connectivity index (χ3n) is 1.99. The Morgan fingerprint density at radius 2 is 2.23 bits per heavy atom. The van der Waals surface area contributed by atoms with Gasteiger partial charge in [-0.1, -0.05) is 19.1 Å². The van der Waals surface area contributed by atoms with Crippen LogP contribution in [0.2, 0.25) is 0 Å². The van der Waals surface area contributed by atoms with E-state index in [1.807, 2.05) is 27.1 Å². The second-order valence-electron chi connectivity index (χ2n) is 4.04. The summed E-state index contributed by atoms with van der Waals surface area (Å²) in [6, 6.07) is 0. The van der Waals surface area contributed by atoms with Crippen LogP contribution >= 0.6 is 0 Å². The maximum absolute atomic E-state index is 11.0. The van der Waals surface area contributed by atoms with Gasteiger partial charge in [-0.05, 0) is 6.92 Å². The van der Waals surface area contributed by atoms with E-state index in [4.69, 9.17) is 0 Å². The van der Waals surface area contributed by atoms with Gasteiger partial charge in [-0.15, -0.1) is 5.10 Å². The fourth-order valence-corrected chi connectivity index (χ4v) is 1.37. The first-order valence-corrected chi connectivity index (χ1v) is 4.28. The molecular weight excluding hydrogens is 166 g/mol. The van der Waals surface area contributed by atoms with E-state index in [0.29, 0.717) is 6.42 Å². The summed E-state index contributed by atoms with van der Waals surface area (Å²) in [5, 5.41) is 7.85. The van der Waals surface area contributed by atoms with Crippen LogP contribution in [0.3, 0.4) is 0 Å². The highest BCUT2D eigenvalue weighted by molar-refractivity contribution is 5.76. The Bertz CT molecular complexity index is 314. The molecule has 0 bridgehead atoms. The molecule has 1 aromatic heterocycles. The van der Waals surface area contributed by atoms with Crippen molar-refractivity contribution in [1.82, 2.24) is 15.0 Å². The normalized spacial score (nSPS) is 11.7. The SMILES string of the molecule is CC(=O)CC(C)(C)c1cn(C)nn1. The van der Waals surface area contributed by atoms with Gasteiger partial charge in [0.15, 0.2) is 0 Å². The second kappa shape index (κ2) is 3.28. The van der Waals surface area contributed by atoms with Crippen molar-refractivity contribution in [3.05, 3.63) is 11.9 Å². The number of carbonyl (C=O) groups is 1. The van der Waals surface area contributed by atoms with E-state index in [9.17, 15) is 4.79 Å². The minimum atomic E-state index is -0.208. The van der Waals surface area contributed by atoms with Crippen LogP contribution in [0.5, 0.6) is 0 Å². The molecule has 4 nitrogen and oxygen atoms in total. The van der Waals surface area contributed by atoms with Crippen molar-refractivity contribution in [2.24, 2.45) is 7.05 Å². The first-order valence-electron chi connectivity index (χ1n) is 4.28. The standard InChI is InChI=1S/C9H15N3O/c1-7(13)5-9(2,3)8-6-12(4)11-10-8/h6H,5H2,1-4H3. The van der Waals surface area contributed by atoms with E-state index in [2.05, 4.69) is 10.3 Å². The molecule has 0 atom stereocenters. The van der Waals surface area contributed by atoms with E-state index >= 15 is 0 Å². The van der Waals surface area contributed by atoms with Gasteiger partial charge >= 0.3 is 0 Å². The van der Waals surface area contributed by atoms with Gasteiger partial charge in [0.2, 0.25) is 0 Å². The summed E-state index contributed by atoms with van der Waals surface area (Å²) in [4.78, 5) is 11.0. The lowest BCUT2D eigenvalue weighted by Gasteiger charge is -2.19. The van der Waals surface area contributed by atoms with Crippen LogP contribution in [-0.2, 0) is 17.3 Å². The summed E-state index contributed by atoms with van der Waals surface area (Å²) >= 11 is 0. The highest BCUT2D eigenvalue weighted by Crippen LogP contribution is 2.24. The predicted octanol–water partition coefficient (Wildman–Crippen LogP) is 1.07. The number of carbonyl (C=O) groups excluding carboxylic acids is 1. The number of hydrogen-bond acceptors (Lipinski definition) is 3. The third-order valence-corrected chi connectivity index (χ3v) is 1.99. The summed E-state index contributed by atoms with van der Waals surface area (Å²) in [5.74, 6) is 0.177. The van der Waals surface area contributed by atoms with Gasteiger partial charge < -0.3 is 0 Å². The largest absolute Gasteiger partial charge is 0.300 e. The molecule has 0 N–H and O–H groups in total. The lowest BCUT2D eigenvalue weighted by molar-refractivity contribution is -0.118. The van der Waals surface area contributed by atoms with Crippen LogP contribution in [0.25, 0.3) is 0 Å². The summed E-state index contributed by atoms with van der Waals surface area (Å²) in [6.45, 7) is 5.59. The molecule has 4 heteroatoms. The number of aryl methyl sites for hydroxylation is 1. The number of nitrogens with zero attached hydrogens (tertiary/aromatic N) is 3. The van der Waals surface area contributed by atoms with Crippen molar-refractivity contribution in [3.63, 3.8) is 0 Å². The van der Waals surface area contributed by atoms with E-state index in [1.165, 1.54) is 0 Å². The molecule has 0 fully saturated rings. The predicted molar refractivity (Wildman–Crippen MR) is 49.3 cm³/mol. The summed E-state index contributed by atoms with van der Waals surface area (Å²) in [5.41, 5.74) is 0.658. The van der Waals surface area contributed by atoms with E-state index in [-0.39, 0.29) is 11.2 Å². The number of hydrogen-bond donors (Lipinski definition) is 0. The zero-order chi connectivity index (χ0) is 10.1. The molecule has 13 heavy (non-hydrogen) atoms. The van der Waals surface area contributed by atoms with Crippen molar-refractivity contribution < 1.29 is 4.79 Å². The van der Waals surface area contributed by atoms with Gasteiger partial charge in [0, 0.05) is 25.1 Å². The minimum absolute atomic E-state index is 0.177. The molecule has 0 aliphatic rings. The molecule has 1 rings (SSSR count). The molecule has 0 amide bonds. The van der Waals surface area contributed by atoms with Crippen molar-refractivity contribution in [1.29, 1.82) is 0 Å². The fourth-order valence-electron chi connectivity index (χ4n) is 1.37. The van der Waals surface area contributed by atoms with Crippen LogP contribution in [0.4, 0.5) is 0 Å². The van der Waals surface area contributed by atoms with E-state index in [0.717, 1.165) is 5.69 Å². The Kier molecular flexibility index (Phi) is 2.50. The van der Waals surface area contributed by atoms with Gasteiger partial charge in [0.05, 0.1) is 5.69 Å². The van der Waals surface area contributed by atoms with Gasteiger partial charge in [0.25, 0.3) is 0 Å². The number of rotatable bonds is 3. The van der Waals surface area contributed by atoms with Crippen LogP contribution in [0.1, 0.15) is 32.9 Å². The summed E-state index contributed by atoms with van der Waals surface area (Å²) < 4.78 is 1.65. The highest BCUT2D eigenvalue weighted by atomic mass is 16.1. The van der Waals surface area contributed by atoms with Crippen molar-refractivity contribution in [2.75, 3.05) is 0 Å². The summed E-state index contributed by atoms with van der Waals surface area (Å²) in [6.07, 6.45) is 2.36. The zero-order valence-electron chi connectivity index (χ0n) is 8.53. The van der Waals surface area contributed by atoms with Crippen LogP contribution in [-0.4, -0.2) is 20.8 Å². The Morgan fingerprint density at radius 1 is 1.62 bits per heavy atom. The number of aromatic nitrogens is 3. The average molecular weight is 181 g/mol. The third kappa shape index (κ3) is 2.37.